The third-order valence-electron chi connectivity index (χ3n) is 2.18. The highest BCUT2D eigenvalue weighted by Gasteiger charge is 2.30. The number of pyridine rings is 1. The molecule has 0 fully saturated rings. The predicted octanol–water partition coefficient (Wildman–Crippen LogP) is 2.20. The van der Waals surface area contributed by atoms with Crippen molar-refractivity contribution in [3.8, 4) is 5.75 Å². The van der Waals surface area contributed by atoms with Crippen LogP contribution in [0.3, 0.4) is 0 Å². The van der Waals surface area contributed by atoms with Crippen molar-refractivity contribution < 1.29 is 9.53 Å². The van der Waals surface area contributed by atoms with Crippen molar-refractivity contribution in [1.82, 2.24) is 4.98 Å². The summed E-state index contributed by atoms with van der Waals surface area (Å²) in [6, 6.07) is 3.58. The molecule has 1 unspecified atom stereocenters. The fourth-order valence-corrected chi connectivity index (χ4v) is 1.73. The lowest BCUT2D eigenvalue weighted by molar-refractivity contribution is -0.125. The summed E-state index contributed by atoms with van der Waals surface area (Å²) in [7, 11) is 0. The molecule has 5 heteroatoms. The minimum Gasteiger partial charge on any atom is -0.476 e. The summed E-state index contributed by atoms with van der Waals surface area (Å²) in [4.78, 5) is 15.7. The highest BCUT2D eigenvalue weighted by atomic mass is 79.9. The molecule has 1 aromatic heterocycles. The number of nitrogens with zero attached hydrogens (tertiary/aromatic N) is 1. The average molecular weight is 271 g/mol. The van der Waals surface area contributed by atoms with Crippen LogP contribution in [0.2, 0.25) is 0 Å². The first-order chi connectivity index (χ1) is 7.08. The molecular weight excluding hydrogens is 260 g/mol. The molecular formula is C10H11BrN2O2. The van der Waals surface area contributed by atoms with Gasteiger partial charge in [-0.2, -0.15) is 0 Å². The Morgan fingerprint density at radius 2 is 2.27 bits per heavy atom. The second-order valence-corrected chi connectivity index (χ2v) is 4.56. The van der Waals surface area contributed by atoms with Crippen LogP contribution < -0.4 is 10.1 Å². The van der Waals surface area contributed by atoms with Crippen molar-refractivity contribution in [1.29, 1.82) is 0 Å². The van der Waals surface area contributed by atoms with Crippen LogP contribution in [0.25, 0.3) is 0 Å². The van der Waals surface area contributed by atoms with Gasteiger partial charge in [0, 0.05) is 0 Å². The zero-order chi connectivity index (χ0) is 11.0. The highest BCUT2D eigenvalue weighted by Crippen LogP contribution is 2.30. The van der Waals surface area contributed by atoms with E-state index in [0.717, 1.165) is 0 Å². The molecule has 1 aliphatic heterocycles. The summed E-state index contributed by atoms with van der Waals surface area (Å²) in [6.45, 7) is 3.89. The Labute approximate surface area is 96.2 Å². The number of hydrogen-bond donors (Lipinski definition) is 1. The molecule has 2 rings (SSSR count). The molecule has 0 spiro atoms. The minimum absolute atomic E-state index is 0.136. The van der Waals surface area contributed by atoms with Crippen molar-refractivity contribution >= 4 is 27.7 Å². The Morgan fingerprint density at radius 3 is 2.93 bits per heavy atom. The molecule has 15 heavy (non-hydrogen) atoms. The zero-order valence-electron chi connectivity index (χ0n) is 8.45. The SMILES string of the molecule is CC(C)C1Oc2ccc(Br)nc2NC1=O. The van der Waals surface area contributed by atoms with E-state index in [0.29, 0.717) is 16.2 Å². The van der Waals surface area contributed by atoms with Gasteiger partial charge in [0.25, 0.3) is 5.91 Å². The number of fused-ring (bicyclic) bond motifs is 1. The van der Waals surface area contributed by atoms with Crippen LogP contribution in [-0.4, -0.2) is 17.0 Å². The molecule has 4 nitrogen and oxygen atoms in total. The van der Waals surface area contributed by atoms with E-state index in [2.05, 4.69) is 26.2 Å². The zero-order valence-corrected chi connectivity index (χ0v) is 10.0. The van der Waals surface area contributed by atoms with E-state index in [4.69, 9.17) is 4.74 Å². The third kappa shape index (κ3) is 1.97. The van der Waals surface area contributed by atoms with Gasteiger partial charge in [0.2, 0.25) is 0 Å². The molecule has 0 aromatic carbocycles. The van der Waals surface area contributed by atoms with Gasteiger partial charge in [-0.15, -0.1) is 0 Å². The van der Waals surface area contributed by atoms with Gasteiger partial charge in [-0.25, -0.2) is 4.98 Å². The van der Waals surface area contributed by atoms with Gasteiger partial charge in [0.05, 0.1) is 0 Å². The fraction of sp³-hybridized carbons (Fsp3) is 0.400. The number of amides is 1. The van der Waals surface area contributed by atoms with E-state index in [9.17, 15) is 4.79 Å². The molecule has 0 bridgehead atoms. The number of anilines is 1. The molecule has 80 valence electrons. The molecule has 1 aliphatic rings. The van der Waals surface area contributed by atoms with Gasteiger partial charge in [0.1, 0.15) is 4.60 Å². The predicted molar refractivity (Wildman–Crippen MR) is 59.8 cm³/mol. The van der Waals surface area contributed by atoms with Crippen molar-refractivity contribution in [3.05, 3.63) is 16.7 Å². The third-order valence-corrected chi connectivity index (χ3v) is 2.63. The quantitative estimate of drug-likeness (QED) is 0.796. The maximum Gasteiger partial charge on any atom is 0.266 e. The molecule has 0 aliphatic carbocycles. The van der Waals surface area contributed by atoms with Crippen molar-refractivity contribution in [3.63, 3.8) is 0 Å². The number of hydrogen-bond acceptors (Lipinski definition) is 3. The largest absolute Gasteiger partial charge is 0.476 e. The van der Waals surface area contributed by atoms with E-state index in [1.165, 1.54) is 0 Å². The van der Waals surface area contributed by atoms with Crippen LogP contribution in [0.4, 0.5) is 5.82 Å². The fourth-order valence-electron chi connectivity index (χ4n) is 1.42. The first-order valence-electron chi connectivity index (χ1n) is 4.72. The van der Waals surface area contributed by atoms with Crippen molar-refractivity contribution in [2.24, 2.45) is 5.92 Å². The Morgan fingerprint density at radius 1 is 1.53 bits per heavy atom. The number of carbonyl (C=O) groups is 1. The van der Waals surface area contributed by atoms with Crippen LogP contribution >= 0.6 is 15.9 Å². The van der Waals surface area contributed by atoms with Crippen molar-refractivity contribution in [2.75, 3.05) is 5.32 Å². The summed E-state index contributed by atoms with van der Waals surface area (Å²) in [6.07, 6.45) is -0.430. The number of ether oxygens (including phenoxy) is 1. The minimum atomic E-state index is -0.430. The van der Waals surface area contributed by atoms with E-state index in [-0.39, 0.29) is 11.8 Å². The number of rotatable bonds is 1. The summed E-state index contributed by atoms with van der Waals surface area (Å²) in [5, 5.41) is 2.73. The van der Waals surface area contributed by atoms with Crippen LogP contribution in [0, 0.1) is 5.92 Å². The lowest BCUT2D eigenvalue weighted by atomic mass is 10.1. The smallest absolute Gasteiger partial charge is 0.266 e. The van der Waals surface area contributed by atoms with Crippen LogP contribution in [-0.2, 0) is 4.79 Å². The van der Waals surface area contributed by atoms with Crippen LogP contribution in [0.5, 0.6) is 5.75 Å². The van der Waals surface area contributed by atoms with E-state index in [1.54, 1.807) is 12.1 Å². The molecule has 1 aromatic rings. The summed E-state index contributed by atoms with van der Waals surface area (Å²) >= 11 is 3.24. The first kappa shape index (κ1) is 10.4. The topological polar surface area (TPSA) is 51.2 Å². The maximum atomic E-state index is 11.6. The van der Waals surface area contributed by atoms with Crippen molar-refractivity contribution in [2.45, 2.75) is 20.0 Å². The monoisotopic (exact) mass is 270 g/mol. The van der Waals surface area contributed by atoms with Gasteiger partial charge in [-0.1, -0.05) is 13.8 Å². The maximum absolute atomic E-state index is 11.6. The number of aromatic nitrogens is 1. The van der Waals surface area contributed by atoms with Gasteiger partial charge in [0.15, 0.2) is 17.7 Å². The van der Waals surface area contributed by atoms with E-state index in [1.807, 2.05) is 13.8 Å². The summed E-state index contributed by atoms with van der Waals surface area (Å²) in [5.74, 6) is 1.10. The highest BCUT2D eigenvalue weighted by molar-refractivity contribution is 9.10. The molecule has 0 radical (unpaired) electrons. The number of nitrogens with one attached hydrogen (secondary N) is 1. The van der Waals surface area contributed by atoms with E-state index >= 15 is 0 Å². The Hall–Kier alpha value is -1.10. The van der Waals surface area contributed by atoms with Crippen LogP contribution in [0.15, 0.2) is 16.7 Å². The lowest BCUT2D eigenvalue weighted by Crippen LogP contribution is -2.40. The van der Waals surface area contributed by atoms with Gasteiger partial charge < -0.3 is 10.1 Å². The molecule has 2 heterocycles. The molecule has 0 saturated carbocycles. The second kappa shape index (κ2) is 3.81. The Bertz CT molecular complexity index is 406. The molecule has 1 N–H and O–H groups in total. The first-order valence-corrected chi connectivity index (χ1v) is 5.51. The van der Waals surface area contributed by atoms with Crippen LogP contribution in [0.1, 0.15) is 13.8 Å². The standard InChI is InChI=1S/C10H11BrN2O2/c1-5(2)8-10(14)13-9-6(15-8)3-4-7(11)12-9/h3-5,8H,1-2H3,(H,12,13,14). The van der Waals surface area contributed by atoms with E-state index < -0.39 is 6.10 Å². The molecule has 1 atom stereocenters. The average Bonchev–Trinajstić information content (AvgIpc) is 2.15. The number of halogens is 1. The van der Waals surface area contributed by atoms with Gasteiger partial charge in [-0.05, 0) is 34.0 Å². The Balaban J connectivity index is 2.34. The second-order valence-electron chi connectivity index (χ2n) is 3.75. The summed E-state index contributed by atoms with van der Waals surface area (Å²) < 4.78 is 6.24. The molecule has 1 amide bonds. The summed E-state index contributed by atoms with van der Waals surface area (Å²) in [5.41, 5.74) is 0. The lowest BCUT2D eigenvalue weighted by Gasteiger charge is -2.27. The van der Waals surface area contributed by atoms with Gasteiger partial charge >= 0.3 is 0 Å². The number of carbonyl (C=O) groups excluding carboxylic acids is 1. The Kier molecular flexibility index (Phi) is 2.65. The molecule has 0 saturated heterocycles. The van der Waals surface area contributed by atoms with Gasteiger partial charge in [-0.3, -0.25) is 4.79 Å². The normalized spacial score (nSPS) is 19.5.